The molecule has 0 radical (unpaired) electrons. The standard InChI is InChI=1S/C13H23N3O/c1-4-17-13-6-5-12(7-10(13)2)16(3)9-11(15)8-14/h5-7,11H,4,8-9,14-15H2,1-3H3. The van der Waals surface area contributed by atoms with Gasteiger partial charge in [0.15, 0.2) is 0 Å². The van der Waals surface area contributed by atoms with Crippen molar-refractivity contribution in [2.24, 2.45) is 11.5 Å². The van der Waals surface area contributed by atoms with Gasteiger partial charge in [0, 0.05) is 31.9 Å². The highest BCUT2D eigenvalue weighted by atomic mass is 16.5. The van der Waals surface area contributed by atoms with E-state index in [1.165, 1.54) is 0 Å². The second kappa shape index (κ2) is 6.47. The Morgan fingerprint density at radius 2 is 2.12 bits per heavy atom. The fraction of sp³-hybridized carbons (Fsp3) is 0.538. The van der Waals surface area contributed by atoms with Crippen molar-refractivity contribution in [1.29, 1.82) is 0 Å². The number of benzene rings is 1. The third-order valence-corrected chi connectivity index (χ3v) is 2.71. The van der Waals surface area contributed by atoms with E-state index in [-0.39, 0.29) is 6.04 Å². The predicted octanol–water partition coefficient (Wildman–Crippen LogP) is 1.12. The molecule has 0 amide bonds. The minimum atomic E-state index is 0.00637. The molecule has 0 spiro atoms. The molecule has 0 heterocycles. The first-order valence-electron chi connectivity index (χ1n) is 5.98. The van der Waals surface area contributed by atoms with E-state index < -0.39 is 0 Å². The van der Waals surface area contributed by atoms with Crippen LogP contribution >= 0.6 is 0 Å². The number of nitrogens with two attached hydrogens (primary N) is 2. The summed E-state index contributed by atoms with van der Waals surface area (Å²) in [6.45, 7) is 5.98. The molecule has 96 valence electrons. The lowest BCUT2D eigenvalue weighted by atomic mass is 10.1. The minimum Gasteiger partial charge on any atom is -0.494 e. The van der Waals surface area contributed by atoms with Crippen LogP contribution in [-0.4, -0.2) is 32.8 Å². The normalized spacial score (nSPS) is 12.3. The molecular formula is C13H23N3O. The van der Waals surface area contributed by atoms with Crippen molar-refractivity contribution in [3.63, 3.8) is 0 Å². The Balaban J connectivity index is 2.75. The van der Waals surface area contributed by atoms with Crippen molar-refractivity contribution >= 4 is 5.69 Å². The Hall–Kier alpha value is -1.26. The maximum absolute atomic E-state index is 5.84. The number of rotatable bonds is 6. The van der Waals surface area contributed by atoms with E-state index in [2.05, 4.69) is 11.0 Å². The molecule has 1 aromatic carbocycles. The summed E-state index contributed by atoms with van der Waals surface area (Å²) in [5.41, 5.74) is 13.6. The summed E-state index contributed by atoms with van der Waals surface area (Å²) in [5.74, 6) is 0.938. The van der Waals surface area contributed by atoms with Gasteiger partial charge in [0.25, 0.3) is 0 Å². The van der Waals surface area contributed by atoms with Crippen LogP contribution < -0.4 is 21.1 Å². The van der Waals surface area contributed by atoms with Crippen LogP contribution in [-0.2, 0) is 0 Å². The molecular weight excluding hydrogens is 214 g/mol. The smallest absolute Gasteiger partial charge is 0.122 e. The van der Waals surface area contributed by atoms with Crippen LogP contribution in [0.25, 0.3) is 0 Å². The largest absolute Gasteiger partial charge is 0.494 e. The topological polar surface area (TPSA) is 64.5 Å². The van der Waals surface area contributed by atoms with E-state index in [1.807, 2.05) is 33.0 Å². The fourth-order valence-corrected chi connectivity index (χ4v) is 1.72. The summed E-state index contributed by atoms with van der Waals surface area (Å²) in [4.78, 5) is 2.11. The Morgan fingerprint density at radius 1 is 1.41 bits per heavy atom. The van der Waals surface area contributed by atoms with Gasteiger partial charge in [0.2, 0.25) is 0 Å². The fourth-order valence-electron chi connectivity index (χ4n) is 1.72. The van der Waals surface area contributed by atoms with Crippen LogP contribution in [0.15, 0.2) is 18.2 Å². The Bertz CT molecular complexity index is 355. The quantitative estimate of drug-likeness (QED) is 0.778. The lowest BCUT2D eigenvalue weighted by Crippen LogP contribution is -2.40. The van der Waals surface area contributed by atoms with E-state index >= 15 is 0 Å². The average Bonchev–Trinajstić information content (AvgIpc) is 2.31. The van der Waals surface area contributed by atoms with Crippen LogP contribution in [0.3, 0.4) is 0 Å². The van der Waals surface area contributed by atoms with Gasteiger partial charge in [-0.1, -0.05) is 0 Å². The molecule has 0 saturated heterocycles. The molecule has 1 rings (SSSR count). The summed E-state index contributed by atoms with van der Waals surface area (Å²) in [6, 6.07) is 6.15. The molecule has 0 bridgehead atoms. The first-order valence-corrected chi connectivity index (χ1v) is 5.98. The summed E-state index contributed by atoms with van der Waals surface area (Å²) in [5, 5.41) is 0. The minimum absolute atomic E-state index is 0.00637. The summed E-state index contributed by atoms with van der Waals surface area (Å²) < 4.78 is 5.51. The van der Waals surface area contributed by atoms with E-state index in [0.29, 0.717) is 13.2 Å². The number of ether oxygens (including phenoxy) is 1. The summed E-state index contributed by atoms with van der Waals surface area (Å²) >= 11 is 0. The van der Waals surface area contributed by atoms with Crippen molar-refractivity contribution in [2.45, 2.75) is 19.9 Å². The van der Waals surface area contributed by atoms with Crippen molar-refractivity contribution in [3.05, 3.63) is 23.8 Å². The highest BCUT2D eigenvalue weighted by molar-refractivity contribution is 5.52. The van der Waals surface area contributed by atoms with Gasteiger partial charge in [-0.25, -0.2) is 0 Å². The SMILES string of the molecule is CCOc1ccc(N(C)CC(N)CN)cc1C. The van der Waals surface area contributed by atoms with E-state index in [4.69, 9.17) is 16.2 Å². The van der Waals surface area contributed by atoms with E-state index in [1.54, 1.807) is 0 Å². The molecule has 1 atom stereocenters. The monoisotopic (exact) mass is 237 g/mol. The Labute approximate surface area is 104 Å². The van der Waals surface area contributed by atoms with Crippen molar-refractivity contribution in [3.8, 4) is 5.75 Å². The first-order chi connectivity index (χ1) is 8.08. The second-order valence-corrected chi connectivity index (χ2v) is 4.26. The van der Waals surface area contributed by atoms with Crippen LogP contribution in [0.2, 0.25) is 0 Å². The molecule has 4 heteroatoms. The summed E-state index contributed by atoms with van der Waals surface area (Å²) in [7, 11) is 2.02. The van der Waals surface area contributed by atoms with Crippen molar-refractivity contribution < 1.29 is 4.74 Å². The lowest BCUT2D eigenvalue weighted by molar-refractivity contribution is 0.338. The lowest BCUT2D eigenvalue weighted by Gasteiger charge is -2.23. The van der Waals surface area contributed by atoms with Gasteiger partial charge < -0.3 is 21.1 Å². The third kappa shape index (κ3) is 3.91. The molecule has 0 fully saturated rings. The van der Waals surface area contributed by atoms with Crippen molar-refractivity contribution in [2.75, 3.05) is 31.6 Å². The first kappa shape index (κ1) is 13.8. The molecule has 0 aromatic heterocycles. The van der Waals surface area contributed by atoms with Gasteiger partial charge in [-0.3, -0.25) is 0 Å². The van der Waals surface area contributed by atoms with Crippen molar-refractivity contribution in [1.82, 2.24) is 0 Å². The molecule has 4 nitrogen and oxygen atoms in total. The molecule has 4 N–H and O–H groups in total. The van der Waals surface area contributed by atoms with Crippen LogP contribution in [0.4, 0.5) is 5.69 Å². The van der Waals surface area contributed by atoms with Gasteiger partial charge in [0.05, 0.1) is 6.61 Å². The van der Waals surface area contributed by atoms with Crippen LogP contribution in [0.1, 0.15) is 12.5 Å². The zero-order valence-corrected chi connectivity index (χ0v) is 10.9. The molecule has 17 heavy (non-hydrogen) atoms. The van der Waals surface area contributed by atoms with Crippen LogP contribution in [0.5, 0.6) is 5.75 Å². The van der Waals surface area contributed by atoms with E-state index in [9.17, 15) is 0 Å². The van der Waals surface area contributed by atoms with Gasteiger partial charge in [0.1, 0.15) is 5.75 Å². The maximum Gasteiger partial charge on any atom is 0.122 e. The molecule has 1 unspecified atom stereocenters. The zero-order chi connectivity index (χ0) is 12.8. The third-order valence-electron chi connectivity index (χ3n) is 2.71. The second-order valence-electron chi connectivity index (χ2n) is 4.26. The number of hydrogen-bond donors (Lipinski definition) is 2. The van der Waals surface area contributed by atoms with Gasteiger partial charge in [-0.2, -0.15) is 0 Å². The number of aryl methyl sites for hydroxylation is 1. The zero-order valence-electron chi connectivity index (χ0n) is 10.9. The molecule has 1 aromatic rings. The van der Waals surface area contributed by atoms with E-state index in [0.717, 1.165) is 23.5 Å². The Morgan fingerprint density at radius 3 is 2.65 bits per heavy atom. The average molecular weight is 237 g/mol. The van der Waals surface area contributed by atoms with Gasteiger partial charge in [-0.15, -0.1) is 0 Å². The Kier molecular flexibility index (Phi) is 5.25. The number of hydrogen-bond acceptors (Lipinski definition) is 4. The van der Waals surface area contributed by atoms with Gasteiger partial charge in [-0.05, 0) is 37.6 Å². The predicted molar refractivity (Wildman–Crippen MR) is 72.6 cm³/mol. The molecule has 0 aliphatic heterocycles. The molecule has 0 saturated carbocycles. The number of nitrogens with zero attached hydrogens (tertiary/aromatic N) is 1. The summed E-state index contributed by atoms with van der Waals surface area (Å²) in [6.07, 6.45) is 0. The number of anilines is 1. The molecule has 0 aliphatic carbocycles. The number of likely N-dealkylation sites (N-methyl/N-ethyl adjacent to an activating group) is 1. The maximum atomic E-state index is 5.84. The van der Waals surface area contributed by atoms with Gasteiger partial charge >= 0.3 is 0 Å². The highest BCUT2D eigenvalue weighted by Gasteiger charge is 2.08. The highest BCUT2D eigenvalue weighted by Crippen LogP contribution is 2.23. The van der Waals surface area contributed by atoms with Crippen LogP contribution in [0, 0.1) is 6.92 Å². The molecule has 0 aliphatic rings.